The van der Waals surface area contributed by atoms with Crippen LogP contribution in [0.1, 0.15) is 73.2 Å². The van der Waals surface area contributed by atoms with Gasteiger partial charge < -0.3 is 15.0 Å². The number of benzene rings is 3. The summed E-state index contributed by atoms with van der Waals surface area (Å²) in [6, 6.07) is 26.2. The number of carboxylic acids is 1. The molecule has 41 heavy (non-hydrogen) atoms. The van der Waals surface area contributed by atoms with Crippen LogP contribution in [0, 0.1) is 0 Å². The average molecular weight is 596 g/mol. The Bertz CT molecular complexity index is 1500. The van der Waals surface area contributed by atoms with Crippen LogP contribution in [0.5, 0.6) is 0 Å². The molecule has 0 aliphatic heterocycles. The number of rotatable bonds is 12. The standard InChI is InChI=1S/C34H36ClNO3S.Na/c1-23(11-20-33(37)38)40-32(19-15-25-8-4-5-10-30(25)34(2,3)39)27-9-6-7-24(21-27)12-17-29-18-14-26-13-16-28(35)22-31(26)36-29;/h4-10,12-14,16-18,21-23,32,39H,11,15,19-20H2,1-3H3,(H,37,38);/q;+1/p-1/t23-,32+;/m0./s1. The summed E-state index contributed by atoms with van der Waals surface area (Å²) in [4.78, 5) is 15.8. The molecule has 0 saturated heterocycles. The minimum absolute atomic E-state index is 0. The number of hydrogen-bond acceptors (Lipinski definition) is 5. The molecule has 4 rings (SSSR count). The molecule has 0 spiro atoms. The molecule has 0 aliphatic rings. The van der Waals surface area contributed by atoms with Gasteiger partial charge in [0.15, 0.2) is 0 Å². The molecule has 7 heteroatoms. The van der Waals surface area contributed by atoms with Gasteiger partial charge in [-0.05, 0) is 86.1 Å². The Labute approximate surface area is 274 Å². The van der Waals surface area contributed by atoms with E-state index in [9.17, 15) is 15.0 Å². The van der Waals surface area contributed by atoms with E-state index in [0.29, 0.717) is 11.4 Å². The number of carbonyl (C=O) groups excluding carboxylic acids is 1. The number of aliphatic carboxylic acids is 1. The number of halogens is 1. The number of hydrogen-bond donors (Lipinski definition) is 1. The quantitative estimate of drug-likeness (QED) is 0.242. The minimum atomic E-state index is -1.01. The molecule has 0 unspecified atom stereocenters. The van der Waals surface area contributed by atoms with E-state index < -0.39 is 11.6 Å². The van der Waals surface area contributed by atoms with Crippen LogP contribution in [-0.4, -0.2) is 21.3 Å². The molecule has 1 aromatic heterocycles. The van der Waals surface area contributed by atoms with Crippen LogP contribution >= 0.6 is 23.4 Å². The number of aliphatic hydroxyl groups is 1. The molecule has 0 radical (unpaired) electrons. The predicted octanol–water partition coefficient (Wildman–Crippen LogP) is 4.62. The van der Waals surface area contributed by atoms with E-state index in [4.69, 9.17) is 16.6 Å². The maximum absolute atomic E-state index is 11.1. The third-order valence-electron chi connectivity index (χ3n) is 6.91. The average Bonchev–Trinajstić information content (AvgIpc) is 2.92. The third-order valence-corrected chi connectivity index (χ3v) is 8.68. The van der Waals surface area contributed by atoms with Gasteiger partial charge in [0.2, 0.25) is 0 Å². The second-order valence-corrected chi connectivity index (χ2v) is 12.8. The van der Waals surface area contributed by atoms with Crippen LogP contribution in [0.2, 0.25) is 5.02 Å². The molecule has 208 valence electrons. The zero-order chi connectivity index (χ0) is 28.7. The molecule has 0 saturated carbocycles. The van der Waals surface area contributed by atoms with Crippen molar-refractivity contribution in [2.75, 3.05) is 0 Å². The molecular weight excluding hydrogens is 561 g/mol. The van der Waals surface area contributed by atoms with Gasteiger partial charge in [-0.25, -0.2) is 4.98 Å². The zero-order valence-electron chi connectivity index (χ0n) is 24.1. The summed E-state index contributed by atoms with van der Waals surface area (Å²) in [6.45, 7) is 5.70. The summed E-state index contributed by atoms with van der Waals surface area (Å²) in [7, 11) is 0. The molecule has 1 heterocycles. The van der Waals surface area contributed by atoms with E-state index in [1.165, 1.54) is 5.56 Å². The van der Waals surface area contributed by atoms with E-state index >= 15 is 0 Å². The Balaban J connectivity index is 0.00000462. The summed E-state index contributed by atoms with van der Waals surface area (Å²) in [6.07, 6.45) is 6.33. The van der Waals surface area contributed by atoms with Crippen molar-refractivity contribution in [2.45, 2.75) is 62.6 Å². The van der Waals surface area contributed by atoms with Crippen molar-refractivity contribution in [1.82, 2.24) is 4.98 Å². The predicted molar refractivity (Wildman–Crippen MR) is 166 cm³/mol. The van der Waals surface area contributed by atoms with Crippen LogP contribution in [0.15, 0.2) is 78.9 Å². The molecule has 1 N–H and O–H groups in total. The number of aromatic nitrogens is 1. The van der Waals surface area contributed by atoms with Crippen molar-refractivity contribution < 1.29 is 44.6 Å². The van der Waals surface area contributed by atoms with Gasteiger partial charge in [0, 0.05) is 26.9 Å². The fourth-order valence-corrected chi connectivity index (χ4v) is 6.39. The van der Waals surface area contributed by atoms with Crippen LogP contribution in [0.3, 0.4) is 0 Å². The maximum atomic E-state index is 11.1. The Morgan fingerprint density at radius 1 is 1.02 bits per heavy atom. The molecular formula is C34H35ClNNaO3S. The molecule has 4 nitrogen and oxygen atoms in total. The van der Waals surface area contributed by atoms with Crippen molar-refractivity contribution in [3.05, 3.63) is 112 Å². The van der Waals surface area contributed by atoms with Gasteiger partial charge in [-0.1, -0.05) is 85.3 Å². The first-order valence-corrected chi connectivity index (χ1v) is 14.9. The van der Waals surface area contributed by atoms with Crippen molar-refractivity contribution in [2.24, 2.45) is 0 Å². The van der Waals surface area contributed by atoms with E-state index in [2.05, 4.69) is 43.3 Å². The molecule has 0 amide bonds. The Kier molecular flexibility index (Phi) is 12.5. The molecule has 4 aromatic rings. The number of carbonyl (C=O) groups is 1. The van der Waals surface area contributed by atoms with Crippen molar-refractivity contribution in [3.8, 4) is 0 Å². The van der Waals surface area contributed by atoms with Crippen LogP contribution in [0.4, 0.5) is 0 Å². The van der Waals surface area contributed by atoms with Crippen molar-refractivity contribution in [1.29, 1.82) is 0 Å². The first-order valence-electron chi connectivity index (χ1n) is 13.6. The topological polar surface area (TPSA) is 73.2 Å². The van der Waals surface area contributed by atoms with Gasteiger partial charge in [0.25, 0.3) is 0 Å². The Hall–Kier alpha value is -2.12. The number of fused-ring (bicyclic) bond motifs is 1. The van der Waals surface area contributed by atoms with Gasteiger partial charge in [0.1, 0.15) is 0 Å². The van der Waals surface area contributed by atoms with E-state index in [1.807, 2.05) is 68.5 Å². The van der Waals surface area contributed by atoms with Crippen molar-refractivity contribution in [3.63, 3.8) is 0 Å². The normalized spacial score (nSPS) is 13.2. The largest absolute Gasteiger partial charge is 1.00 e. The van der Waals surface area contributed by atoms with Gasteiger partial charge in [-0.15, -0.1) is 0 Å². The SMILES string of the molecule is C[C@@H](CCC(=O)[O-])S[C@H](CCc1ccccc1C(C)(C)O)c1cccc(C=Cc2ccc3ccc(Cl)cc3n2)c1.[Na+]. The molecule has 0 fully saturated rings. The minimum Gasteiger partial charge on any atom is -0.550 e. The monoisotopic (exact) mass is 595 g/mol. The first-order chi connectivity index (χ1) is 19.1. The number of pyridine rings is 1. The van der Waals surface area contributed by atoms with Crippen LogP contribution in [0.25, 0.3) is 23.1 Å². The van der Waals surface area contributed by atoms with Crippen LogP contribution < -0.4 is 34.7 Å². The third kappa shape index (κ3) is 9.99. The van der Waals surface area contributed by atoms with E-state index in [1.54, 1.807) is 11.8 Å². The number of nitrogens with zero attached hydrogens (tertiary/aromatic N) is 1. The summed E-state index contributed by atoms with van der Waals surface area (Å²) >= 11 is 7.95. The maximum Gasteiger partial charge on any atom is 1.00 e. The Morgan fingerprint density at radius 2 is 1.78 bits per heavy atom. The number of thioether (sulfide) groups is 1. The van der Waals surface area contributed by atoms with Crippen LogP contribution in [-0.2, 0) is 16.8 Å². The molecule has 3 aromatic carbocycles. The summed E-state index contributed by atoms with van der Waals surface area (Å²) in [5.41, 5.74) is 5.10. The fraction of sp³-hybridized carbons (Fsp3) is 0.294. The van der Waals surface area contributed by atoms with Gasteiger partial charge in [0.05, 0.1) is 16.8 Å². The smallest absolute Gasteiger partial charge is 0.550 e. The number of carboxylic acid groups (broad SMARTS) is 1. The second kappa shape index (κ2) is 15.4. The van der Waals surface area contributed by atoms with Gasteiger partial charge >= 0.3 is 29.6 Å². The van der Waals surface area contributed by atoms with Gasteiger partial charge in [-0.3, -0.25) is 0 Å². The molecule has 0 aliphatic carbocycles. The first kappa shape index (κ1) is 33.4. The van der Waals surface area contributed by atoms with E-state index in [0.717, 1.165) is 46.1 Å². The number of aryl methyl sites for hydroxylation is 1. The second-order valence-electron chi connectivity index (χ2n) is 10.7. The summed E-state index contributed by atoms with van der Waals surface area (Å²) in [5.74, 6) is -1.01. The van der Waals surface area contributed by atoms with Crippen molar-refractivity contribution >= 4 is 52.4 Å². The Morgan fingerprint density at radius 3 is 2.54 bits per heavy atom. The van der Waals surface area contributed by atoms with E-state index in [-0.39, 0.29) is 46.5 Å². The van der Waals surface area contributed by atoms with Gasteiger partial charge in [-0.2, -0.15) is 11.8 Å². The summed E-state index contributed by atoms with van der Waals surface area (Å²) < 4.78 is 0. The molecule has 2 atom stereocenters. The fourth-order valence-electron chi connectivity index (χ4n) is 4.85. The summed E-state index contributed by atoms with van der Waals surface area (Å²) in [5, 5.41) is 23.8. The molecule has 0 bridgehead atoms. The zero-order valence-corrected chi connectivity index (χ0v) is 27.7.